The van der Waals surface area contributed by atoms with Gasteiger partial charge in [0.15, 0.2) is 0 Å². The molecule has 0 aromatic carbocycles. The number of hydrogen-bond donors (Lipinski definition) is 2. The van der Waals surface area contributed by atoms with E-state index >= 15 is 0 Å². The predicted octanol–water partition coefficient (Wildman–Crippen LogP) is 0.275. The third kappa shape index (κ3) is 7.77. The molecular formula is C6H12F3NO2. The third-order valence-corrected chi connectivity index (χ3v) is 1.13. The quantitative estimate of drug-likeness (QED) is 0.607. The molecule has 0 rings (SSSR count). The van der Waals surface area contributed by atoms with Crippen LogP contribution in [0.15, 0.2) is 0 Å². The SMILES string of the molecule is NC(CO)CCOCC(F)(F)F. The van der Waals surface area contributed by atoms with Gasteiger partial charge in [0, 0.05) is 12.6 Å². The van der Waals surface area contributed by atoms with E-state index in [-0.39, 0.29) is 19.6 Å². The number of halogens is 3. The molecule has 0 aliphatic carbocycles. The average molecular weight is 187 g/mol. The van der Waals surface area contributed by atoms with Gasteiger partial charge in [0.1, 0.15) is 6.61 Å². The Kier molecular flexibility index (Phi) is 5.19. The van der Waals surface area contributed by atoms with Gasteiger partial charge in [-0.3, -0.25) is 0 Å². The lowest BCUT2D eigenvalue weighted by atomic mass is 10.2. The van der Waals surface area contributed by atoms with Gasteiger partial charge < -0.3 is 15.6 Å². The van der Waals surface area contributed by atoms with Crippen molar-refractivity contribution in [1.82, 2.24) is 0 Å². The van der Waals surface area contributed by atoms with Crippen LogP contribution in [-0.4, -0.2) is 37.1 Å². The largest absolute Gasteiger partial charge is 0.411 e. The van der Waals surface area contributed by atoms with Crippen LogP contribution in [0.4, 0.5) is 13.2 Å². The number of rotatable bonds is 5. The predicted molar refractivity (Wildman–Crippen MR) is 36.6 cm³/mol. The molecule has 0 spiro atoms. The van der Waals surface area contributed by atoms with Gasteiger partial charge in [-0.1, -0.05) is 0 Å². The number of nitrogens with two attached hydrogens (primary N) is 1. The Bertz CT molecular complexity index is 118. The van der Waals surface area contributed by atoms with E-state index in [2.05, 4.69) is 4.74 Å². The van der Waals surface area contributed by atoms with Crippen molar-refractivity contribution in [3.05, 3.63) is 0 Å². The molecule has 0 heterocycles. The minimum Gasteiger partial charge on any atom is -0.395 e. The lowest BCUT2D eigenvalue weighted by molar-refractivity contribution is -0.174. The molecule has 1 unspecified atom stereocenters. The van der Waals surface area contributed by atoms with Gasteiger partial charge in [0.2, 0.25) is 0 Å². The fraction of sp³-hybridized carbons (Fsp3) is 1.00. The second kappa shape index (κ2) is 5.34. The van der Waals surface area contributed by atoms with Crippen molar-refractivity contribution >= 4 is 0 Å². The topological polar surface area (TPSA) is 55.5 Å². The van der Waals surface area contributed by atoms with E-state index in [1.54, 1.807) is 0 Å². The van der Waals surface area contributed by atoms with E-state index in [0.717, 1.165) is 0 Å². The molecule has 12 heavy (non-hydrogen) atoms. The fourth-order valence-corrected chi connectivity index (χ4v) is 0.514. The maximum Gasteiger partial charge on any atom is 0.411 e. The van der Waals surface area contributed by atoms with Gasteiger partial charge in [-0.05, 0) is 6.42 Å². The summed E-state index contributed by atoms with van der Waals surface area (Å²) in [7, 11) is 0. The Morgan fingerprint density at radius 2 is 2.00 bits per heavy atom. The summed E-state index contributed by atoms with van der Waals surface area (Å²) < 4.78 is 38.6. The standard InChI is InChI=1S/C6H12F3NO2/c7-6(8,9)4-12-2-1-5(10)3-11/h5,11H,1-4,10H2. The molecule has 0 saturated carbocycles. The molecule has 0 amide bonds. The van der Waals surface area contributed by atoms with Gasteiger partial charge >= 0.3 is 6.18 Å². The van der Waals surface area contributed by atoms with Crippen LogP contribution in [-0.2, 0) is 4.74 Å². The highest BCUT2D eigenvalue weighted by molar-refractivity contribution is 4.57. The fourth-order valence-electron chi connectivity index (χ4n) is 0.514. The second-order valence-electron chi connectivity index (χ2n) is 2.40. The zero-order valence-corrected chi connectivity index (χ0v) is 6.47. The van der Waals surface area contributed by atoms with Crippen LogP contribution < -0.4 is 5.73 Å². The summed E-state index contributed by atoms with van der Waals surface area (Å²) in [6.45, 7) is -1.58. The molecule has 1 atom stereocenters. The molecule has 0 bridgehead atoms. The number of aliphatic hydroxyl groups excluding tert-OH is 1. The third-order valence-electron chi connectivity index (χ3n) is 1.13. The number of hydrogen-bond acceptors (Lipinski definition) is 3. The normalized spacial score (nSPS) is 14.8. The molecule has 0 fully saturated rings. The van der Waals surface area contributed by atoms with E-state index in [1.807, 2.05) is 0 Å². The summed E-state index contributed by atoms with van der Waals surface area (Å²) in [5.74, 6) is 0. The summed E-state index contributed by atoms with van der Waals surface area (Å²) in [6, 6.07) is -0.502. The monoisotopic (exact) mass is 187 g/mol. The molecule has 0 aliphatic heterocycles. The molecule has 74 valence electrons. The first-order valence-corrected chi connectivity index (χ1v) is 3.46. The summed E-state index contributed by atoms with van der Waals surface area (Å²) in [5, 5.41) is 8.39. The van der Waals surface area contributed by atoms with Crippen LogP contribution in [0, 0.1) is 0 Å². The second-order valence-corrected chi connectivity index (χ2v) is 2.40. The van der Waals surface area contributed by atoms with E-state index in [0.29, 0.717) is 0 Å². The van der Waals surface area contributed by atoms with Crippen molar-refractivity contribution in [2.45, 2.75) is 18.6 Å². The molecule has 0 saturated heterocycles. The van der Waals surface area contributed by atoms with Gasteiger partial charge in [0.05, 0.1) is 6.61 Å². The van der Waals surface area contributed by atoms with Crippen molar-refractivity contribution in [3.63, 3.8) is 0 Å². The Hall–Kier alpha value is -0.330. The molecule has 3 N–H and O–H groups in total. The minimum atomic E-state index is -4.29. The Balaban J connectivity index is 3.22. The lowest BCUT2D eigenvalue weighted by Gasteiger charge is -2.09. The van der Waals surface area contributed by atoms with Gasteiger partial charge in [0.25, 0.3) is 0 Å². The highest BCUT2D eigenvalue weighted by Crippen LogP contribution is 2.14. The van der Waals surface area contributed by atoms with Crippen LogP contribution in [0.2, 0.25) is 0 Å². The van der Waals surface area contributed by atoms with E-state index < -0.39 is 18.8 Å². The van der Waals surface area contributed by atoms with Crippen molar-refractivity contribution in [1.29, 1.82) is 0 Å². The van der Waals surface area contributed by atoms with Gasteiger partial charge in [-0.2, -0.15) is 13.2 Å². The first kappa shape index (κ1) is 11.7. The Morgan fingerprint density at radius 1 is 1.42 bits per heavy atom. The van der Waals surface area contributed by atoms with Crippen molar-refractivity contribution in [2.24, 2.45) is 5.73 Å². The number of aliphatic hydroxyl groups is 1. The van der Waals surface area contributed by atoms with Crippen LogP contribution in [0.3, 0.4) is 0 Å². The Labute approximate surface area is 68.3 Å². The summed E-state index contributed by atoms with van der Waals surface area (Å²) in [5.41, 5.74) is 5.21. The van der Waals surface area contributed by atoms with Crippen molar-refractivity contribution < 1.29 is 23.0 Å². The van der Waals surface area contributed by atoms with Crippen LogP contribution in [0.25, 0.3) is 0 Å². The average Bonchev–Trinajstić information content (AvgIpc) is 1.96. The first-order valence-electron chi connectivity index (χ1n) is 3.46. The molecule has 0 aromatic heterocycles. The zero-order chi connectivity index (χ0) is 9.61. The van der Waals surface area contributed by atoms with Crippen LogP contribution >= 0.6 is 0 Å². The maximum absolute atomic E-state index is 11.5. The highest BCUT2D eigenvalue weighted by Gasteiger charge is 2.27. The molecule has 0 aliphatic rings. The zero-order valence-electron chi connectivity index (χ0n) is 6.47. The smallest absolute Gasteiger partial charge is 0.395 e. The Morgan fingerprint density at radius 3 is 2.42 bits per heavy atom. The lowest BCUT2D eigenvalue weighted by Crippen LogP contribution is -2.27. The van der Waals surface area contributed by atoms with E-state index in [4.69, 9.17) is 10.8 Å². The summed E-state index contributed by atoms with van der Waals surface area (Å²) >= 11 is 0. The summed E-state index contributed by atoms with van der Waals surface area (Å²) in [4.78, 5) is 0. The molecule has 0 aromatic rings. The molecule has 6 heteroatoms. The number of ether oxygens (including phenoxy) is 1. The minimum absolute atomic E-state index is 0.0821. The van der Waals surface area contributed by atoms with Crippen molar-refractivity contribution in [2.75, 3.05) is 19.8 Å². The molecular weight excluding hydrogens is 175 g/mol. The van der Waals surface area contributed by atoms with E-state index in [1.165, 1.54) is 0 Å². The molecule has 0 radical (unpaired) electrons. The van der Waals surface area contributed by atoms with Crippen LogP contribution in [0.1, 0.15) is 6.42 Å². The number of alkyl halides is 3. The van der Waals surface area contributed by atoms with Crippen molar-refractivity contribution in [3.8, 4) is 0 Å². The maximum atomic E-state index is 11.5. The summed E-state index contributed by atoms with van der Waals surface area (Å²) in [6.07, 6.45) is -4.06. The van der Waals surface area contributed by atoms with Gasteiger partial charge in [-0.25, -0.2) is 0 Å². The van der Waals surface area contributed by atoms with E-state index in [9.17, 15) is 13.2 Å². The van der Waals surface area contributed by atoms with Gasteiger partial charge in [-0.15, -0.1) is 0 Å². The van der Waals surface area contributed by atoms with Crippen LogP contribution in [0.5, 0.6) is 0 Å². The molecule has 3 nitrogen and oxygen atoms in total. The highest BCUT2D eigenvalue weighted by atomic mass is 19.4. The first-order chi connectivity index (χ1) is 5.45.